The van der Waals surface area contributed by atoms with Crippen LogP contribution in [0.3, 0.4) is 0 Å². The highest BCUT2D eigenvalue weighted by atomic mass is 19.3. The molecule has 0 spiro atoms. The molecule has 0 aromatic heterocycles. The molecule has 1 rings (SSSR count). The zero-order valence-corrected chi connectivity index (χ0v) is 8.54. The number of carbonyl (C=O) groups is 1. The number of rotatable bonds is 3. The van der Waals surface area contributed by atoms with Gasteiger partial charge in [0.05, 0.1) is 5.57 Å². The Kier molecular flexibility index (Phi) is 4.53. The molecule has 0 aliphatic heterocycles. The van der Waals surface area contributed by atoms with E-state index in [9.17, 15) is 18.0 Å². The summed E-state index contributed by atoms with van der Waals surface area (Å²) in [6, 6.07) is 4.38. The molecule has 1 amide bonds. The summed E-state index contributed by atoms with van der Waals surface area (Å²) >= 11 is 0. The first kappa shape index (κ1) is 13.0. The van der Waals surface area contributed by atoms with Crippen LogP contribution in [0.1, 0.15) is 5.56 Å². The van der Waals surface area contributed by atoms with Gasteiger partial charge in [-0.05, 0) is 17.7 Å². The lowest BCUT2D eigenvalue weighted by atomic mass is 10.1. The predicted molar refractivity (Wildman–Crippen MR) is 54.2 cm³/mol. The van der Waals surface area contributed by atoms with Crippen LogP contribution in [0.25, 0.3) is 5.57 Å². The SMILES string of the molecule is NNC(=O)OCC(=C(F)F)c1ccc(F)cc1. The molecule has 0 saturated carbocycles. The van der Waals surface area contributed by atoms with Crippen LogP contribution in [-0.2, 0) is 4.74 Å². The molecule has 92 valence electrons. The van der Waals surface area contributed by atoms with Crippen molar-refractivity contribution >= 4 is 11.7 Å². The largest absolute Gasteiger partial charge is 0.444 e. The second-order valence-corrected chi connectivity index (χ2v) is 2.97. The minimum absolute atomic E-state index is 0.0659. The molecule has 1 aromatic carbocycles. The van der Waals surface area contributed by atoms with Crippen LogP contribution >= 0.6 is 0 Å². The summed E-state index contributed by atoms with van der Waals surface area (Å²) in [5.74, 6) is 4.17. The molecule has 0 bridgehead atoms. The van der Waals surface area contributed by atoms with Crippen molar-refractivity contribution in [3.63, 3.8) is 0 Å². The summed E-state index contributed by atoms with van der Waals surface area (Å²) in [5, 5.41) is 0. The second-order valence-electron chi connectivity index (χ2n) is 2.97. The normalized spacial score (nSPS) is 9.65. The Bertz CT molecular complexity index is 428. The van der Waals surface area contributed by atoms with E-state index >= 15 is 0 Å². The van der Waals surface area contributed by atoms with Gasteiger partial charge in [-0.3, -0.25) is 5.43 Å². The topological polar surface area (TPSA) is 64.3 Å². The monoisotopic (exact) mass is 246 g/mol. The molecule has 7 heteroatoms. The lowest BCUT2D eigenvalue weighted by Gasteiger charge is -2.07. The molecule has 1 aromatic rings. The average Bonchev–Trinajstić information content (AvgIpc) is 2.31. The molecule has 0 aliphatic rings. The van der Waals surface area contributed by atoms with E-state index in [0.29, 0.717) is 0 Å². The van der Waals surface area contributed by atoms with Crippen molar-refractivity contribution in [1.82, 2.24) is 5.43 Å². The minimum atomic E-state index is -2.01. The van der Waals surface area contributed by atoms with E-state index in [-0.39, 0.29) is 5.56 Å². The quantitative estimate of drug-likeness (QED) is 0.487. The number of carbonyl (C=O) groups excluding carboxylic acids is 1. The average molecular weight is 246 g/mol. The summed E-state index contributed by atoms with van der Waals surface area (Å²) in [6.07, 6.45) is -3.05. The molecular weight excluding hydrogens is 237 g/mol. The fraction of sp³-hybridized carbons (Fsp3) is 0.100. The number of halogens is 3. The Balaban J connectivity index is 2.85. The van der Waals surface area contributed by atoms with Crippen molar-refractivity contribution < 1.29 is 22.7 Å². The summed E-state index contributed by atoms with van der Waals surface area (Å²) in [7, 11) is 0. The van der Waals surface area contributed by atoms with Gasteiger partial charge in [-0.25, -0.2) is 15.0 Å². The molecule has 3 N–H and O–H groups in total. The van der Waals surface area contributed by atoms with Crippen molar-refractivity contribution in [2.75, 3.05) is 6.61 Å². The van der Waals surface area contributed by atoms with E-state index in [1.165, 1.54) is 0 Å². The predicted octanol–water partition coefficient (Wildman–Crippen LogP) is 2.03. The number of ether oxygens (including phenoxy) is 1. The van der Waals surface area contributed by atoms with Gasteiger partial charge in [0, 0.05) is 0 Å². The third-order valence-corrected chi connectivity index (χ3v) is 1.89. The van der Waals surface area contributed by atoms with Crippen molar-refractivity contribution in [2.24, 2.45) is 5.84 Å². The zero-order chi connectivity index (χ0) is 12.8. The number of hydrogen-bond acceptors (Lipinski definition) is 3. The number of benzene rings is 1. The first-order chi connectivity index (χ1) is 8.04. The highest BCUT2D eigenvalue weighted by Gasteiger charge is 2.12. The summed E-state index contributed by atoms with van der Waals surface area (Å²) in [6.45, 7) is -0.656. The van der Waals surface area contributed by atoms with E-state index in [1.807, 2.05) is 0 Å². The Labute approximate surface area is 94.8 Å². The minimum Gasteiger partial charge on any atom is -0.444 e. The van der Waals surface area contributed by atoms with Crippen LogP contribution in [0, 0.1) is 5.82 Å². The summed E-state index contributed by atoms with van der Waals surface area (Å²) in [5.41, 5.74) is 1.19. The van der Waals surface area contributed by atoms with Gasteiger partial charge in [-0.1, -0.05) is 12.1 Å². The highest BCUT2D eigenvalue weighted by Crippen LogP contribution is 2.21. The van der Waals surface area contributed by atoms with E-state index in [1.54, 1.807) is 5.43 Å². The number of nitrogens with one attached hydrogen (secondary N) is 1. The van der Waals surface area contributed by atoms with Gasteiger partial charge in [0.2, 0.25) is 0 Å². The first-order valence-electron chi connectivity index (χ1n) is 4.48. The number of hydrogen-bond donors (Lipinski definition) is 2. The van der Waals surface area contributed by atoms with Crippen molar-refractivity contribution in [1.29, 1.82) is 0 Å². The standard InChI is InChI=1S/C10H9F3N2O2/c11-7-3-1-6(2-4-7)8(9(12)13)5-17-10(16)15-14/h1-4H,5,14H2,(H,15,16). The second kappa shape index (κ2) is 5.90. The number of amides is 1. The third kappa shape index (κ3) is 3.80. The molecule has 0 atom stereocenters. The fourth-order valence-corrected chi connectivity index (χ4v) is 1.08. The van der Waals surface area contributed by atoms with Gasteiger partial charge in [0.25, 0.3) is 6.08 Å². The molecule has 17 heavy (non-hydrogen) atoms. The molecule has 0 saturated heterocycles. The van der Waals surface area contributed by atoms with Gasteiger partial charge in [-0.2, -0.15) is 8.78 Å². The molecule has 0 aliphatic carbocycles. The van der Waals surface area contributed by atoms with Crippen LogP contribution < -0.4 is 11.3 Å². The number of nitrogens with two attached hydrogens (primary N) is 1. The molecule has 0 heterocycles. The lowest BCUT2D eigenvalue weighted by molar-refractivity contribution is 0.159. The molecule has 0 unspecified atom stereocenters. The van der Waals surface area contributed by atoms with Crippen molar-refractivity contribution in [3.05, 3.63) is 41.7 Å². The van der Waals surface area contributed by atoms with Gasteiger partial charge >= 0.3 is 6.09 Å². The van der Waals surface area contributed by atoms with Crippen LogP contribution in [-0.4, -0.2) is 12.7 Å². The summed E-state index contributed by atoms with van der Waals surface area (Å²) in [4.78, 5) is 10.6. The molecular formula is C10H9F3N2O2. The van der Waals surface area contributed by atoms with Crippen molar-refractivity contribution in [2.45, 2.75) is 0 Å². The third-order valence-electron chi connectivity index (χ3n) is 1.89. The summed E-state index contributed by atoms with van der Waals surface area (Å²) < 4.78 is 42.2. The van der Waals surface area contributed by atoms with Crippen molar-refractivity contribution in [3.8, 4) is 0 Å². The Hall–Kier alpha value is -2.02. The highest BCUT2D eigenvalue weighted by molar-refractivity contribution is 5.71. The smallest absolute Gasteiger partial charge is 0.421 e. The van der Waals surface area contributed by atoms with Crippen LogP contribution in [0.15, 0.2) is 30.3 Å². The maximum absolute atomic E-state index is 12.6. The Morgan fingerprint density at radius 3 is 2.35 bits per heavy atom. The van der Waals surface area contributed by atoms with E-state index < -0.39 is 30.2 Å². The maximum atomic E-state index is 12.6. The van der Waals surface area contributed by atoms with Crippen LogP contribution in [0.4, 0.5) is 18.0 Å². The maximum Gasteiger partial charge on any atom is 0.421 e. The van der Waals surface area contributed by atoms with E-state index in [4.69, 9.17) is 5.84 Å². The lowest BCUT2D eigenvalue weighted by Crippen LogP contribution is -2.31. The molecule has 0 fully saturated rings. The van der Waals surface area contributed by atoms with E-state index in [0.717, 1.165) is 24.3 Å². The zero-order valence-electron chi connectivity index (χ0n) is 8.54. The van der Waals surface area contributed by atoms with Gasteiger partial charge < -0.3 is 4.74 Å². The Morgan fingerprint density at radius 2 is 1.88 bits per heavy atom. The molecule has 4 nitrogen and oxygen atoms in total. The first-order valence-corrected chi connectivity index (χ1v) is 4.48. The number of hydrazine groups is 1. The van der Waals surface area contributed by atoms with Gasteiger partial charge in [-0.15, -0.1) is 0 Å². The molecule has 0 radical (unpaired) electrons. The Morgan fingerprint density at radius 1 is 1.29 bits per heavy atom. The fourth-order valence-electron chi connectivity index (χ4n) is 1.08. The van der Waals surface area contributed by atoms with Gasteiger partial charge in [0.1, 0.15) is 12.4 Å². The van der Waals surface area contributed by atoms with Crippen LogP contribution in [0.5, 0.6) is 0 Å². The van der Waals surface area contributed by atoms with E-state index in [2.05, 4.69) is 4.74 Å². The van der Waals surface area contributed by atoms with Gasteiger partial charge in [0.15, 0.2) is 0 Å². The van der Waals surface area contributed by atoms with Crippen LogP contribution in [0.2, 0.25) is 0 Å².